The van der Waals surface area contributed by atoms with Gasteiger partial charge in [-0.3, -0.25) is 4.79 Å². The summed E-state index contributed by atoms with van der Waals surface area (Å²) >= 11 is 0. The third-order valence-corrected chi connectivity index (χ3v) is 4.69. The first-order chi connectivity index (χ1) is 11.1. The fourth-order valence-electron chi connectivity index (χ4n) is 3.02. The van der Waals surface area contributed by atoms with Gasteiger partial charge in [-0.2, -0.15) is 0 Å². The summed E-state index contributed by atoms with van der Waals surface area (Å²) in [6.45, 7) is 20.0. The Balaban J connectivity index is 2.94. The van der Waals surface area contributed by atoms with Crippen LogP contribution in [0.25, 0.3) is 0 Å². The van der Waals surface area contributed by atoms with Crippen molar-refractivity contribution >= 4 is 11.6 Å². The van der Waals surface area contributed by atoms with Crippen molar-refractivity contribution in [2.45, 2.75) is 61.0 Å². The molecule has 1 N–H and O–H groups in total. The Hall–Kier alpha value is -1.55. The molecule has 136 valence electrons. The molecule has 0 aliphatic rings. The molecule has 24 heavy (non-hydrogen) atoms. The molecule has 0 radical (unpaired) electrons. The Bertz CT molecular complexity index is 538. The van der Waals surface area contributed by atoms with Crippen LogP contribution < -0.4 is 10.1 Å². The lowest BCUT2D eigenvalue weighted by molar-refractivity contribution is -0.915. The Morgan fingerprint density at radius 2 is 1.50 bits per heavy atom. The fourth-order valence-corrected chi connectivity index (χ4v) is 3.02. The molecule has 0 saturated heterocycles. The van der Waals surface area contributed by atoms with Crippen molar-refractivity contribution in [3.05, 3.63) is 23.3 Å². The van der Waals surface area contributed by atoms with Crippen LogP contribution in [0.2, 0.25) is 0 Å². The lowest BCUT2D eigenvalue weighted by Crippen LogP contribution is -2.52. The zero-order valence-corrected chi connectivity index (χ0v) is 16.7. The maximum Gasteiger partial charge on any atom is 0.279 e. The standard InChI is InChI=1S/C20H34N2O2/c1-9-22(10-2,11-3)14-18(23)21-19-15(4)12-17(13-16(19)5)24-20(6,7)8/h12-13H,9-11,14H2,1-8H3/p+1. The van der Waals surface area contributed by atoms with E-state index in [0.717, 1.165) is 46.7 Å². The lowest BCUT2D eigenvalue weighted by atomic mass is 10.1. The maximum absolute atomic E-state index is 12.6. The minimum absolute atomic E-state index is 0.0799. The monoisotopic (exact) mass is 335 g/mol. The summed E-state index contributed by atoms with van der Waals surface area (Å²) in [5, 5.41) is 3.12. The number of carbonyl (C=O) groups excluding carboxylic acids is 1. The molecular weight excluding hydrogens is 300 g/mol. The molecule has 4 nitrogen and oxygen atoms in total. The van der Waals surface area contributed by atoms with Gasteiger partial charge < -0.3 is 14.5 Å². The van der Waals surface area contributed by atoms with Crippen LogP contribution >= 0.6 is 0 Å². The molecule has 0 spiro atoms. The summed E-state index contributed by atoms with van der Waals surface area (Å²) in [6, 6.07) is 3.99. The van der Waals surface area contributed by atoms with Crippen LogP contribution in [0.4, 0.5) is 5.69 Å². The van der Waals surface area contributed by atoms with Crippen molar-refractivity contribution in [1.82, 2.24) is 0 Å². The van der Waals surface area contributed by atoms with Crippen LogP contribution in [0.5, 0.6) is 5.75 Å². The summed E-state index contributed by atoms with van der Waals surface area (Å²) < 4.78 is 6.75. The van der Waals surface area contributed by atoms with Crippen molar-refractivity contribution in [2.24, 2.45) is 0 Å². The third-order valence-electron chi connectivity index (χ3n) is 4.69. The van der Waals surface area contributed by atoms with E-state index in [-0.39, 0.29) is 11.5 Å². The summed E-state index contributed by atoms with van der Waals surface area (Å²) in [4.78, 5) is 12.6. The number of carbonyl (C=O) groups is 1. The second-order valence-corrected chi connectivity index (χ2v) is 7.64. The summed E-state index contributed by atoms with van der Waals surface area (Å²) in [5.41, 5.74) is 2.74. The van der Waals surface area contributed by atoms with E-state index in [1.165, 1.54) is 0 Å². The molecule has 1 aromatic rings. The number of nitrogens with one attached hydrogen (secondary N) is 1. The van der Waals surface area contributed by atoms with E-state index < -0.39 is 0 Å². The molecule has 0 aromatic heterocycles. The SMILES string of the molecule is CC[N+](CC)(CC)CC(=O)Nc1c(C)cc(OC(C)(C)C)cc1C. The highest BCUT2D eigenvalue weighted by Crippen LogP contribution is 2.28. The average molecular weight is 336 g/mol. The number of amides is 1. The number of benzene rings is 1. The van der Waals surface area contributed by atoms with Crippen molar-refractivity contribution in [3.8, 4) is 5.75 Å². The number of aryl methyl sites for hydroxylation is 2. The van der Waals surface area contributed by atoms with Gasteiger partial charge in [0.1, 0.15) is 11.4 Å². The molecular formula is C20H35N2O2+. The van der Waals surface area contributed by atoms with Gasteiger partial charge in [0.25, 0.3) is 5.91 Å². The average Bonchev–Trinajstić information content (AvgIpc) is 2.47. The first-order valence-corrected chi connectivity index (χ1v) is 9.01. The summed E-state index contributed by atoms with van der Waals surface area (Å²) in [6.07, 6.45) is 0. The van der Waals surface area contributed by atoms with E-state index in [2.05, 4.69) is 26.1 Å². The summed E-state index contributed by atoms with van der Waals surface area (Å²) in [5.74, 6) is 0.924. The van der Waals surface area contributed by atoms with Gasteiger partial charge >= 0.3 is 0 Å². The molecule has 0 bridgehead atoms. The predicted octanol–water partition coefficient (Wildman–Crippen LogP) is 4.30. The number of rotatable bonds is 7. The first kappa shape index (κ1) is 20.5. The zero-order chi connectivity index (χ0) is 18.5. The van der Waals surface area contributed by atoms with E-state index in [9.17, 15) is 4.79 Å². The van der Waals surface area contributed by atoms with Gasteiger partial charge in [-0.05, 0) is 78.6 Å². The highest BCUT2D eigenvalue weighted by atomic mass is 16.5. The molecule has 0 unspecified atom stereocenters. The molecule has 0 atom stereocenters. The normalized spacial score (nSPS) is 12.2. The van der Waals surface area contributed by atoms with Gasteiger partial charge in [-0.15, -0.1) is 0 Å². The van der Waals surface area contributed by atoms with Crippen LogP contribution in [0, 0.1) is 13.8 Å². The quantitative estimate of drug-likeness (QED) is 0.755. The number of likely N-dealkylation sites (N-methyl/N-ethyl adjacent to an activating group) is 1. The third kappa shape index (κ3) is 5.52. The number of hydrogen-bond donors (Lipinski definition) is 1. The lowest BCUT2D eigenvalue weighted by Gasteiger charge is -2.35. The van der Waals surface area contributed by atoms with Gasteiger partial charge in [0.15, 0.2) is 6.54 Å². The molecule has 1 rings (SSSR count). The second-order valence-electron chi connectivity index (χ2n) is 7.64. The smallest absolute Gasteiger partial charge is 0.279 e. The number of anilines is 1. The van der Waals surface area contributed by atoms with Gasteiger partial charge in [0.05, 0.1) is 19.6 Å². The minimum Gasteiger partial charge on any atom is -0.488 e. The number of ether oxygens (including phenoxy) is 1. The van der Waals surface area contributed by atoms with Gasteiger partial charge in [-0.25, -0.2) is 0 Å². The molecule has 0 fully saturated rings. The molecule has 4 heteroatoms. The Kier molecular flexibility index (Phi) is 6.85. The summed E-state index contributed by atoms with van der Waals surface area (Å²) in [7, 11) is 0. The number of hydrogen-bond acceptors (Lipinski definition) is 2. The highest BCUT2D eigenvalue weighted by molar-refractivity contribution is 5.93. The van der Waals surface area contributed by atoms with E-state index in [1.54, 1.807) is 0 Å². The van der Waals surface area contributed by atoms with Crippen LogP contribution in [0.3, 0.4) is 0 Å². The van der Waals surface area contributed by atoms with E-state index in [4.69, 9.17) is 4.74 Å². The number of nitrogens with zero attached hydrogens (tertiary/aromatic N) is 1. The maximum atomic E-state index is 12.6. The Labute approximate surface area is 147 Å². The van der Waals surface area contributed by atoms with Crippen LogP contribution in [-0.4, -0.2) is 42.2 Å². The van der Waals surface area contributed by atoms with Gasteiger partial charge in [0, 0.05) is 5.69 Å². The van der Waals surface area contributed by atoms with Crippen LogP contribution in [0.15, 0.2) is 12.1 Å². The molecule has 0 aliphatic heterocycles. The predicted molar refractivity (Wildman–Crippen MR) is 102 cm³/mol. The van der Waals surface area contributed by atoms with Crippen molar-refractivity contribution < 1.29 is 14.0 Å². The molecule has 0 saturated carbocycles. The van der Waals surface area contributed by atoms with Crippen molar-refractivity contribution in [1.29, 1.82) is 0 Å². The second kappa shape index (κ2) is 8.02. The molecule has 1 aromatic carbocycles. The topological polar surface area (TPSA) is 38.3 Å². The largest absolute Gasteiger partial charge is 0.488 e. The fraction of sp³-hybridized carbons (Fsp3) is 0.650. The number of quaternary nitrogens is 1. The zero-order valence-electron chi connectivity index (χ0n) is 16.7. The van der Waals surface area contributed by atoms with Gasteiger partial charge in [0.2, 0.25) is 0 Å². The highest BCUT2D eigenvalue weighted by Gasteiger charge is 2.25. The van der Waals surface area contributed by atoms with Crippen molar-refractivity contribution in [3.63, 3.8) is 0 Å². The van der Waals surface area contributed by atoms with Crippen molar-refractivity contribution in [2.75, 3.05) is 31.5 Å². The van der Waals surface area contributed by atoms with Gasteiger partial charge in [-0.1, -0.05) is 0 Å². The molecule has 0 aliphatic carbocycles. The first-order valence-electron chi connectivity index (χ1n) is 9.01. The molecule has 1 amide bonds. The Morgan fingerprint density at radius 3 is 1.88 bits per heavy atom. The van der Waals surface area contributed by atoms with Crippen LogP contribution in [0.1, 0.15) is 52.7 Å². The van der Waals surface area contributed by atoms with Crippen LogP contribution in [-0.2, 0) is 4.79 Å². The van der Waals surface area contributed by atoms with E-state index in [1.807, 2.05) is 46.8 Å². The molecule has 0 heterocycles. The van der Waals surface area contributed by atoms with E-state index >= 15 is 0 Å². The minimum atomic E-state index is -0.232. The Morgan fingerprint density at radius 1 is 1.04 bits per heavy atom. The van der Waals surface area contributed by atoms with E-state index in [0.29, 0.717) is 6.54 Å².